The van der Waals surface area contributed by atoms with Crippen molar-refractivity contribution in [2.45, 2.75) is 6.92 Å². The molecule has 0 saturated carbocycles. The summed E-state index contributed by atoms with van der Waals surface area (Å²) in [6.45, 7) is 2.06. The molecule has 0 fully saturated rings. The molecule has 3 heteroatoms. The molecule has 4 aromatic rings. The van der Waals surface area contributed by atoms with E-state index in [0.717, 1.165) is 22.0 Å². The summed E-state index contributed by atoms with van der Waals surface area (Å²) in [6, 6.07) is 40.4. The number of para-hydroxylation sites is 1. The van der Waals surface area contributed by atoms with Crippen LogP contribution in [-0.4, -0.2) is 0 Å². The fourth-order valence-corrected chi connectivity index (χ4v) is 5.20. The van der Waals surface area contributed by atoms with Crippen molar-refractivity contribution in [1.82, 2.24) is 0 Å². The molecule has 0 unspecified atom stereocenters. The van der Waals surface area contributed by atoms with Crippen LogP contribution in [0.4, 0.5) is 11.4 Å². The fourth-order valence-electron chi connectivity index (χ4n) is 3.22. The molecule has 0 amide bonds. The third-order valence-electron chi connectivity index (χ3n) is 4.87. The highest BCUT2D eigenvalue weighted by molar-refractivity contribution is 7.83. The summed E-state index contributed by atoms with van der Waals surface area (Å²) in [6.07, 6.45) is 0. The van der Waals surface area contributed by atoms with Crippen LogP contribution in [0.3, 0.4) is 0 Å². The second-order valence-corrected chi connectivity index (χ2v) is 9.49. The molecule has 0 atom stereocenters. The molecular formula is C27H22NOP. The van der Waals surface area contributed by atoms with Crippen LogP contribution in [0, 0.1) is 18.6 Å². The van der Waals surface area contributed by atoms with Crippen molar-refractivity contribution in [1.29, 1.82) is 0 Å². The Morgan fingerprint density at radius 1 is 0.600 bits per heavy atom. The normalized spacial score (nSPS) is 10.7. The Kier molecular flexibility index (Phi) is 5.84. The molecule has 0 heterocycles. The van der Waals surface area contributed by atoms with Gasteiger partial charge in [-0.1, -0.05) is 96.6 Å². The molecule has 2 nitrogen and oxygen atoms in total. The monoisotopic (exact) mass is 407 g/mol. The number of rotatable bonds is 4. The molecule has 0 aliphatic rings. The Bertz CT molecular complexity index is 1160. The van der Waals surface area contributed by atoms with Gasteiger partial charge in [-0.05, 0) is 36.9 Å². The van der Waals surface area contributed by atoms with Crippen molar-refractivity contribution < 1.29 is 4.57 Å². The zero-order chi connectivity index (χ0) is 20.8. The van der Waals surface area contributed by atoms with Crippen LogP contribution in [0.2, 0.25) is 0 Å². The zero-order valence-corrected chi connectivity index (χ0v) is 17.7. The predicted octanol–water partition coefficient (Wildman–Crippen LogP) is 6.07. The van der Waals surface area contributed by atoms with E-state index in [-0.39, 0.29) is 0 Å². The Balaban J connectivity index is 1.86. The van der Waals surface area contributed by atoms with Gasteiger partial charge < -0.3 is 0 Å². The molecule has 146 valence electrons. The van der Waals surface area contributed by atoms with Gasteiger partial charge in [0.15, 0.2) is 0 Å². The van der Waals surface area contributed by atoms with Crippen molar-refractivity contribution in [2.75, 3.05) is 4.90 Å². The van der Waals surface area contributed by atoms with Crippen LogP contribution in [-0.2, 0) is 4.57 Å². The molecule has 4 aromatic carbocycles. The van der Waals surface area contributed by atoms with Crippen molar-refractivity contribution in [3.8, 4) is 11.7 Å². The van der Waals surface area contributed by atoms with Crippen molar-refractivity contribution >= 4 is 29.1 Å². The van der Waals surface area contributed by atoms with Crippen LogP contribution in [0.1, 0.15) is 5.56 Å². The second kappa shape index (κ2) is 8.87. The summed E-state index contributed by atoms with van der Waals surface area (Å²) in [5.74, 6) is 0. The van der Waals surface area contributed by atoms with Gasteiger partial charge in [0.05, 0.1) is 11.4 Å². The van der Waals surface area contributed by atoms with Crippen molar-refractivity contribution in [3.63, 3.8) is 0 Å². The van der Waals surface area contributed by atoms with E-state index in [1.165, 1.54) is 5.56 Å². The lowest BCUT2D eigenvalue weighted by Gasteiger charge is -2.19. The maximum atomic E-state index is 14.2. The third kappa shape index (κ3) is 4.23. The molecule has 4 rings (SSSR count). The van der Waals surface area contributed by atoms with Crippen LogP contribution in [0.5, 0.6) is 0 Å². The van der Waals surface area contributed by atoms with Gasteiger partial charge in [0.25, 0.3) is 0 Å². The van der Waals surface area contributed by atoms with Crippen LogP contribution >= 0.6 is 7.14 Å². The van der Waals surface area contributed by atoms with E-state index in [2.05, 4.69) is 30.8 Å². The maximum absolute atomic E-state index is 14.2. The lowest BCUT2D eigenvalue weighted by molar-refractivity contribution is 0.593. The molecule has 0 aliphatic carbocycles. The van der Waals surface area contributed by atoms with Crippen molar-refractivity contribution in [2.24, 2.45) is 0 Å². The molecule has 0 N–H and O–H groups in total. The minimum Gasteiger partial charge on any atom is -0.300 e. The average Bonchev–Trinajstić information content (AvgIpc) is 2.82. The van der Waals surface area contributed by atoms with E-state index in [0.29, 0.717) is 0 Å². The van der Waals surface area contributed by atoms with Gasteiger partial charge in [-0.25, -0.2) is 0 Å². The Morgan fingerprint density at radius 3 is 1.53 bits per heavy atom. The smallest absolute Gasteiger partial charge is 0.212 e. The first-order valence-electron chi connectivity index (χ1n) is 9.83. The quantitative estimate of drug-likeness (QED) is 0.233. The van der Waals surface area contributed by atoms with E-state index < -0.39 is 7.14 Å². The van der Waals surface area contributed by atoms with Crippen LogP contribution in [0.15, 0.2) is 115 Å². The SMILES string of the molecule is Cc1ccc(N(C#CP(=O)(c2ccccc2)c2ccccc2)c2ccccc2)cc1. The van der Waals surface area contributed by atoms with E-state index in [1.54, 1.807) is 0 Å². The third-order valence-corrected chi connectivity index (χ3v) is 7.33. The first-order chi connectivity index (χ1) is 14.7. The summed E-state index contributed by atoms with van der Waals surface area (Å²) in [7, 11) is -3.13. The van der Waals surface area contributed by atoms with Gasteiger partial charge in [-0.3, -0.25) is 9.46 Å². The van der Waals surface area contributed by atoms with Gasteiger partial charge in [0.2, 0.25) is 7.14 Å². The van der Waals surface area contributed by atoms with Crippen LogP contribution in [0.25, 0.3) is 0 Å². The highest BCUT2D eigenvalue weighted by Crippen LogP contribution is 2.42. The molecule has 0 aliphatic heterocycles. The van der Waals surface area contributed by atoms with Crippen molar-refractivity contribution in [3.05, 3.63) is 121 Å². The average molecular weight is 407 g/mol. The number of anilines is 2. The Labute approximate surface area is 178 Å². The lowest BCUT2D eigenvalue weighted by Crippen LogP contribution is -2.16. The zero-order valence-electron chi connectivity index (χ0n) is 16.8. The lowest BCUT2D eigenvalue weighted by atomic mass is 10.2. The fraction of sp³-hybridized carbons (Fsp3) is 0.0370. The first kappa shape index (κ1) is 19.8. The standard InChI is InChI=1S/C27H22NOP/c1-23-17-19-25(20-18-23)28(24-11-5-2-6-12-24)21-22-30(29,26-13-7-3-8-14-26)27-15-9-4-10-16-27/h2-20H,1H3. The second-order valence-electron chi connectivity index (χ2n) is 7.01. The maximum Gasteiger partial charge on any atom is 0.212 e. The summed E-state index contributed by atoms with van der Waals surface area (Å²) < 4.78 is 14.2. The minimum absolute atomic E-state index is 0.737. The highest BCUT2D eigenvalue weighted by atomic mass is 31.2. The summed E-state index contributed by atoms with van der Waals surface area (Å²) in [4.78, 5) is 1.90. The highest BCUT2D eigenvalue weighted by Gasteiger charge is 2.25. The Hall–Kier alpha value is -3.53. The first-order valence-corrected chi connectivity index (χ1v) is 11.5. The van der Waals surface area contributed by atoms with Gasteiger partial charge in [-0.2, -0.15) is 0 Å². The number of hydrogen-bond acceptors (Lipinski definition) is 2. The Morgan fingerprint density at radius 2 is 1.03 bits per heavy atom. The summed E-state index contributed by atoms with van der Waals surface area (Å²) >= 11 is 0. The topological polar surface area (TPSA) is 20.3 Å². The van der Waals surface area contributed by atoms with Gasteiger partial charge in [0.1, 0.15) is 0 Å². The number of nitrogens with zero attached hydrogens (tertiary/aromatic N) is 1. The van der Waals surface area contributed by atoms with E-state index >= 15 is 0 Å². The van der Waals surface area contributed by atoms with Gasteiger partial charge >= 0.3 is 0 Å². The molecule has 0 aromatic heterocycles. The van der Waals surface area contributed by atoms with E-state index in [1.807, 2.05) is 108 Å². The summed E-state index contributed by atoms with van der Waals surface area (Å²) in [5.41, 5.74) is 6.22. The van der Waals surface area contributed by atoms with E-state index in [4.69, 9.17) is 0 Å². The molecule has 0 spiro atoms. The molecular weight excluding hydrogens is 385 g/mol. The minimum atomic E-state index is -3.13. The molecule has 30 heavy (non-hydrogen) atoms. The molecule has 0 radical (unpaired) electrons. The number of benzene rings is 4. The molecule has 0 saturated heterocycles. The predicted molar refractivity (Wildman–Crippen MR) is 127 cm³/mol. The van der Waals surface area contributed by atoms with Crippen LogP contribution < -0.4 is 15.5 Å². The summed E-state index contributed by atoms with van der Waals surface area (Å²) in [5, 5.41) is 1.47. The molecule has 0 bridgehead atoms. The largest absolute Gasteiger partial charge is 0.300 e. The number of aryl methyl sites for hydroxylation is 1. The van der Waals surface area contributed by atoms with Gasteiger partial charge in [-0.15, -0.1) is 0 Å². The van der Waals surface area contributed by atoms with E-state index in [9.17, 15) is 4.57 Å². The van der Waals surface area contributed by atoms with Gasteiger partial charge in [0, 0.05) is 16.7 Å². The number of hydrogen-bond donors (Lipinski definition) is 0.